The lowest BCUT2D eigenvalue weighted by Crippen LogP contribution is -1.93. The zero-order valence-corrected chi connectivity index (χ0v) is 17.9. The van der Waals surface area contributed by atoms with E-state index >= 15 is 0 Å². The summed E-state index contributed by atoms with van der Waals surface area (Å²) >= 11 is 0. The molecule has 0 aliphatic rings. The van der Waals surface area contributed by atoms with Gasteiger partial charge in [0.05, 0.1) is 0 Å². The van der Waals surface area contributed by atoms with E-state index in [0.29, 0.717) is 5.56 Å². The van der Waals surface area contributed by atoms with Gasteiger partial charge in [-0.2, -0.15) is 0 Å². The number of hydrogen-bond donors (Lipinski definition) is 0. The molecule has 0 atom stereocenters. The molecule has 3 rings (SSSR count). The number of carbonyl (C=O) groups excluding carboxylic acids is 1. The van der Waals surface area contributed by atoms with Gasteiger partial charge in [0.25, 0.3) is 0 Å². The number of ketones is 1. The highest BCUT2D eigenvalue weighted by Crippen LogP contribution is 2.14. The minimum absolute atomic E-state index is 0.124. The molecule has 0 fully saturated rings. The third-order valence-electron chi connectivity index (χ3n) is 5.43. The van der Waals surface area contributed by atoms with Crippen molar-refractivity contribution in [1.29, 1.82) is 0 Å². The van der Waals surface area contributed by atoms with E-state index in [1.165, 1.54) is 72.7 Å². The van der Waals surface area contributed by atoms with Gasteiger partial charge in [0, 0.05) is 5.56 Å². The molecule has 1 nitrogen and oxygen atoms in total. The van der Waals surface area contributed by atoms with Crippen molar-refractivity contribution in [2.24, 2.45) is 0 Å². The fraction of sp³-hybridized carbons (Fsp3) is 0.207. The first kappa shape index (κ1) is 22.4. The number of unbranched alkanes of at least 4 members (excludes halogenated alkanes) is 3. The first-order valence-corrected chi connectivity index (χ1v) is 10.9. The molecule has 2 heteroatoms. The second-order valence-corrected chi connectivity index (χ2v) is 7.81. The molecule has 31 heavy (non-hydrogen) atoms. The van der Waals surface area contributed by atoms with Gasteiger partial charge >= 0.3 is 0 Å². The normalized spacial score (nSPS) is 11.0. The number of carbonyl (C=O) groups is 1. The molecule has 0 unspecified atom stereocenters. The van der Waals surface area contributed by atoms with Crippen LogP contribution < -0.4 is 0 Å². The topological polar surface area (TPSA) is 17.1 Å². The molecule has 0 spiro atoms. The fourth-order valence-electron chi connectivity index (χ4n) is 3.51. The fourth-order valence-corrected chi connectivity index (χ4v) is 3.51. The lowest BCUT2D eigenvalue weighted by molar-refractivity contribution is 0.104. The van der Waals surface area contributed by atoms with Crippen molar-refractivity contribution in [3.63, 3.8) is 0 Å². The van der Waals surface area contributed by atoms with Crippen molar-refractivity contribution in [1.82, 2.24) is 0 Å². The lowest BCUT2D eigenvalue weighted by Gasteiger charge is -2.04. The van der Waals surface area contributed by atoms with Crippen LogP contribution >= 0.6 is 0 Å². The Kier molecular flexibility index (Phi) is 8.54. The van der Waals surface area contributed by atoms with E-state index in [4.69, 9.17) is 0 Å². The molecule has 3 aromatic rings. The molecular weight excluding hydrogens is 383 g/mol. The summed E-state index contributed by atoms with van der Waals surface area (Å²) in [5.74, 6) is -0.463. The summed E-state index contributed by atoms with van der Waals surface area (Å²) in [6, 6.07) is 22.6. The highest BCUT2D eigenvalue weighted by atomic mass is 19.1. The van der Waals surface area contributed by atoms with Crippen LogP contribution in [0.2, 0.25) is 0 Å². The molecule has 0 heterocycles. The molecule has 0 aliphatic heterocycles. The molecule has 0 amide bonds. The van der Waals surface area contributed by atoms with E-state index in [2.05, 4.69) is 43.0 Å². The number of halogens is 1. The van der Waals surface area contributed by atoms with Crippen LogP contribution in [0.4, 0.5) is 4.39 Å². The van der Waals surface area contributed by atoms with Crippen molar-refractivity contribution in [3.05, 3.63) is 119 Å². The van der Waals surface area contributed by atoms with E-state index in [1.54, 1.807) is 6.08 Å². The Labute approximate surface area is 185 Å². The van der Waals surface area contributed by atoms with Crippen LogP contribution in [0.1, 0.15) is 58.3 Å². The first-order valence-electron chi connectivity index (χ1n) is 10.9. The molecule has 0 saturated carbocycles. The summed E-state index contributed by atoms with van der Waals surface area (Å²) in [6.07, 6.45) is 12.3. The van der Waals surface area contributed by atoms with E-state index in [1.807, 2.05) is 18.2 Å². The van der Waals surface area contributed by atoms with E-state index in [9.17, 15) is 9.18 Å². The lowest BCUT2D eigenvalue weighted by atomic mass is 10.0. The molecule has 158 valence electrons. The Morgan fingerprint density at radius 3 is 1.74 bits per heavy atom. The predicted octanol–water partition coefficient (Wildman–Crippen LogP) is 7.71. The summed E-state index contributed by atoms with van der Waals surface area (Å²) in [7, 11) is 0. The second kappa shape index (κ2) is 11.8. The van der Waals surface area contributed by atoms with Gasteiger partial charge in [-0.15, -0.1) is 0 Å². The van der Waals surface area contributed by atoms with E-state index in [-0.39, 0.29) is 11.6 Å². The molecule has 0 aromatic heterocycles. The quantitative estimate of drug-likeness (QED) is 0.179. The Bertz CT molecular complexity index is 996. The van der Waals surface area contributed by atoms with Crippen molar-refractivity contribution in [2.75, 3.05) is 0 Å². The average Bonchev–Trinajstić information content (AvgIpc) is 2.81. The van der Waals surface area contributed by atoms with Gasteiger partial charge in [-0.3, -0.25) is 4.79 Å². The number of hydrogen-bond acceptors (Lipinski definition) is 1. The second-order valence-electron chi connectivity index (χ2n) is 7.81. The van der Waals surface area contributed by atoms with Crippen LogP contribution in [0.15, 0.2) is 85.5 Å². The first-order chi connectivity index (χ1) is 15.1. The van der Waals surface area contributed by atoms with E-state index in [0.717, 1.165) is 18.4 Å². The van der Waals surface area contributed by atoms with Crippen molar-refractivity contribution in [3.8, 4) is 0 Å². The number of benzene rings is 3. The third-order valence-corrected chi connectivity index (χ3v) is 5.43. The Hall–Kier alpha value is -3.26. The summed E-state index contributed by atoms with van der Waals surface area (Å²) in [5, 5.41) is 0. The van der Waals surface area contributed by atoms with Crippen LogP contribution in [0.3, 0.4) is 0 Å². The van der Waals surface area contributed by atoms with Crippen molar-refractivity contribution in [2.45, 2.75) is 38.5 Å². The van der Waals surface area contributed by atoms with Gasteiger partial charge in [0.15, 0.2) is 5.78 Å². The monoisotopic (exact) mass is 412 g/mol. The molecule has 3 aromatic carbocycles. The summed E-state index contributed by atoms with van der Waals surface area (Å²) < 4.78 is 13.0. The third kappa shape index (κ3) is 7.49. The van der Waals surface area contributed by atoms with Crippen LogP contribution in [0.25, 0.3) is 12.2 Å². The largest absolute Gasteiger partial charge is 0.289 e. The zero-order valence-electron chi connectivity index (χ0n) is 17.9. The van der Waals surface area contributed by atoms with Gasteiger partial charge in [0.1, 0.15) is 5.82 Å². The van der Waals surface area contributed by atoms with Gasteiger partial charge in [-0.1, -0.05) is 80.1 Å². The van der Waals surface area contributed by atoms with Crippen molar-refractivity contribution >= 4 is 17.9 Å². The van der Waals surface area contributed by atoms with Gasteiger partial charge < -0.3 is 0 Å². The maximum Gasteiger partial charge on any atom is 0.185 e. The smallest absolute Gasteiger partial charge is 0.185 e. The minimum Gasteiger partial charge on any atom is -0.289 e. The van der Waals surface area contributed by atoms with Crippen LogP contribution in [0, 0.1) is 5.82 Å². The number of allylic oxidation sites excluding steroid dienone is 1. The zero-order chi connectivity index (χ0) is 21.9. The van der Waals surface area contributed by atoms with Crippen LogP contribution in [-0.2, 0) is 12.8 Å². The Morgan fingerprint density at radius 2 is 1.23 bits per heavy atom. The molecule has 0 aliphatic carbocycles. The minimum atomic E-state index is -0.338. The van der Waals surface area contributed by atoms with Gasteiger partial charge in [-0.05, 0) is 78.3 Å². The molecule has 0 N–H and O–H groups in total. The highest BCUT2D eigenvalue weighted by molar-refractivity contribution is 6.06. The Morgan fingerprint density at radius 1 is 0.710 bits per heavy atom. The van der Waals surface area contributed by atoms with Crippen LogP contribution in [0.5, 0.6) is 0 Å². The highest BCUT2D eigenvalue weighted by Gasteiger charge is 2.02. The number of aryl methyl sites for hydroxylation is 2. The summed E-state index contributed by atoms with van der Waals surface area (Å²) in [4.78, 5) is 12.1. The number of rotatable bonds is 11. The van der Waals surface area contributed by atoms with Crippen molar-refractivity contribution < 1.29 is 9.18 Å². The predicted molar refractivity (Wildman–Crippen MR) is 129 cm³/mol. The molecule has 0 radical (unpaired) electrons. The standard InChI is InChI=1S/C29H29FO/c1-2-23-9-11-24(12-10-23)7-5-3-4-6-8-25-13-15-26(16-14-25)17-22-29(31)27-18-20-28(30)21-19-27/h2,9-22H,1,3-8H2. The average molecular weight is 413 g/mol. The van der Waals surface area contributed by atoms with Gasteiger partial charge in [-0.25, -0.2) is 4.39 Å². The summed E-state index contributed by atoms with van der Waals surface area (Å²) in [5.41, 5.74) is 5.36. The van der Waals surface area contributed by atoms with Gasteiger partial charge in [0.2, 0.25) is 0 Å². The maximum absolute atomic E-state index is 13.0. The SMILES string of the molecule is C=Cc1ccc(CCCCCCc2ccc(C=CC(=O)c3ccc(F)cc3)cc2)cc1. The maximum atomic E-state index is 13.0. The van der Waals surface area contributed by atoms with Crippen LogP contribution in [-0.4, -0.2) is 5.78 Å². The molecular formula is C29H29FO. The summed E-state index contributed by atoms with van der Waals surface area (Å²) in [6.45, 7) is 3.79. The Balaban J connectivity index is 1.35. The molecule has 0 saturated heterocycles. The molecule has 0 bridgehead atoms. The van der Waals surface area contributed by atoms with E-state index < -0.39 is 0 Å².